The van der Waals surface area contributed by atoms with Crippen LogP contribution in [0.5, 0.6) is 11.5 Å². The maximum absolute atomic E-state index is 13.2. The van der Waals surface area contributed by atoms with E-state index in [1.807, 2.05) is 0 Å². The molecule has 2 aromatic carbocycles. The highest BCUT2D eigenvalue weighted by atomic mass is 16.3. The van der Waals surface area contributed by atoms with Crippen molar-refractivity contribution in [2.24, 2.45) is 0 Å². The molecular weight excluding hydrogens is 362 g/mol. The average molecular weight is 383 g/mol. The number of phenols is 2. The molecule has 0 amide bonds. The molecule has 2 radical (unpaired) electrons. The summed E-state index contributed by atoms with van der Waals surface area (Å²) in [4.78, 5) is 26.3. The minimum absolute atomic E-state index is 0.0344. The number of benzene rings is 2. The van der Waals surface area contributed by atoms with E-state index in [2.05, 4.69) is 22.9 Å². The Bertz CT molecular complexity index is 927. The summed E-state index contributed by atoms with van der Waals surface area (Å²) in [5.74, 6) is -1.84. The van der Waals surface area contributed by atoms with E-state index in [4.69, 9.17) is 5.11 Å². The van der Waals surface area contributed by atoms with Gasteiger partial charge in [0.2, 0.25) is 11.6 Å². The van der Waals surface area contributed by atoms with Gasteiger partial charge in [0, 0.05) is 37.6 Å². The van der Waals surface area contributed by atoms with Gasteiger partial charge in [0.1, 0.15) is 11.5 Å². The van der Waals surface area contributed by atoms with Crippen LogP contribution < -0.4 is 16.0 Å². The van der Waals surface area contributed by atoms with Crippen molar-refractivity contribution < 1.29 is 24.9 Å². The normalized spacial score (nSPS) is 12.5. The van der Waals surface area contributed by atoms with E-state index >= 15 is 0 Å². The van der Waals surface area contributed by atoms with Crippen molar-refractivity contribution in [3.05, 3.63) is 53.4 Å². The second kappa shape index (κ2) is 8.28. The summed E-state index contributed by atoms with van der Waals surface area (Å²) < 4.78 is 0. The largest absolute Gasteiger partial charge is 0.507 e. The molecule has 5 N–H and O–H groups in total. The molecule has 8 nitrogen and oxygen atoms in total. The number of carbonyl (C=O) groups is 2. The number of nitrogens with one attached hydrogen (secondary N) is 2. The highest BCUT2D eigenvalue weighted by Gasteiger charge is 2.37. The van der Waals surface area contributed by atoms with Crippen molar-refractivity contribution in [3.8, 4) is 11.5 Å². The van der Waals surface area contributed by atoms with Crippen molar-refractivity contribution >= 4 is 22.9 Å². The first-order chi connectivity index (χ1) is 13.5. The number of hydrogen-bond acceptors (Lipinski definition) is 7. The number of carbonyl (C=O) groups excluding carboxylic acids is 2. The van der Waals surface area contributed by atoms with Crippen molar-refractivity contribution in [1.82, 2.24) is 5.32 Å². The minimum Gasteiger partial charge on any atom is -0.507 e. The molecule has 0 unspecified atom stereocenters. The zero-order valence-corrected chi connectivity index (χ0v) is 15.2. The zero-order valence-electron chi connectivity index (χ0n) is 15.2. The molecule has 8 heteroatoms. The monoisotopic (exact) mass is 383 g/mol. The molecular formula is C20H21N3O5. The van der Waals surface area contributed by atoms with Crippen molar-refractivity contribution in [2.45, 2.75) is 0 Å². The van der Waals surface area contributed by atoms with Gasteiger partial charge in [0.25, 0.3) is 0 Å². The van der Waals surface area contributed by atoms with Gasteiger partial charge in [0.15, 0.2) is 0 Å². The van der Waals surface area contributed by atoms with Crippen molar-refractivity contribution in [2.75, 3.05) is 43.4 Å². The molecule has 0 fully saturated rings. The van der Waals surface area contributed by atoms with E-state index in [0.29, 0.717) is 37.6 Å². The molecule has 0 atom stereocenters. The molecule has 1 aliphatic carbocycles. The van der Waals surface area contributed by atoms with Gasteiger partial charge in [-0.2, -0.15) is 0 Å². The van der Waals surface area contributed by atoms with Crippen LogP contribution in [0.4, 0.5) is 11.4 Å². The quantitative estimate of drug-likeness (QED) is 0.291. The van der Waals surface area contributed by atoms with Gasteiger partial charge in [0.05, 0.1) is 28.9 Å². The van der Waals surface area contributed by atoms with E-state index in [9.17, 15) is 19.8 Å². The van der Waals surface area contributed by atoms with Crippen LogP contribution in [-0.4, -0.2) is 59.7 Å². The third kappa shape index (κ3) is 3.39. The summed E-state index contributed by atoms with van der Waals surface area (Å²) in [5, 5.41) is 39.2. The Balaban J connectivity index is 2.08. The Hall–Kier alpha value is -3.10. The van der Waals surface area contributed by atoms with Gasteiger partial charge in [-0.05, 0) is 31.2 Å². The summed E-state index contributed by atoms with van der Waals surface area (Å²) >= 11 is 0. The van der Waals surface area contributed by atoms with Gasteiger partial charge in [-0.15, -0.1) is 0 Å². The number of fused-ring (bicyclic) bond motifs is 2. The molecule has 0 bridgehead atoms. The summed E-state index contributed by atoms with van der Waals surface area (Å²) in [6.07, 6.45) is 0. The zero-order chi connectivity index (χ0) is 20.3. The van der Waals surface area contributed by atoms with Crippen molar-refractivity contribution in [3.63, 3.8) is 0 Å². The van der Waals surface area contributed by atoms with Crippen LogP contribution in [0, 0.1) is 6.92 Å². The second-order valence-electron chi connectivity index (χ2n) is 6.17. The number of hydrogen-bond donors (Lipinski definition) is 5. The number of aromatic hydroxyl groups is 2. The lowest BCUT2D eigenvalue weighted by atomic mass is 9.81. The molecule has 0 aromatic heterocycles. The van der Waals surface area contributed by atoms with Crippen LogP contribution in [0.2, 0.25) is 0 Å². The summed E-state index contributed by atoms with van der Waals surface area (Å²) in [6.45, 7) is 5.10. The van der Waals surface area contributed by atoms with E-state index in [0.717, 1.165) is 0 Å². The Kier molecular flexibility index (Phi) is 5.81. The lowest BCUT2D eigenvalue weighted by Gasteiger charge is -2.24. The number of aliphatic hydroxyl groups is 1. The van der Waals surface area contributed by atoms with Crippen LogP contribution in [0.25, 0.3) is 0 Å². The lowest BCUT2D eigenvalue weighted by Crippen LogP contribution is -2.26. The second-order valence-corrected chi connectivity index (χ2v) is 6.17. The third-order valence-corrected chi connectivity index (χ3v) is 4.43. The van der Waals surface area contributed by atoms with E-state index in [-0.39, 0.29) is 40.4 Å². The SMILES string of the molecule is [CH2]CNc1ccc(NCC[N]CCO)c2c1C(=O)c1c(O)ccc(O)c1C2=O. The fourth-order valence-electron chi connectivity index (χ4n) is 3.25. The van der Waals surface area contributed by atoms with Crippen LogP contribution in [0.1, 0.15) is 31.8 Å². The van der Waals surface area contributed by atoms with Gasteiger partial charge in [-0.1, -0.05) is 0 Å². The number of ketones is 2. The number of aliphatic hydroxyl groups excluding tert-OH is 1. The smallest absolute Gasteiger partial charge is 0.200 e. The maximum atomic E-state index is 13.2. The van der Waals surface area contributed by atoms with Crippen LogP contribution >= 0.6 is 0 Å². The van der Waals surface area contributed by atoms with Gasteiger partial charge >= 0.3 is 0 Å². The predicted octanol–water partition coefficient (Wildman–Crippen LogP) is 1.13. The Labute approximate surface area is 162 Å². The van der Waals surface area contributed by atoms with Gasteiger partial charge in [-0.3, -0.25) is 9.59 Å². The average Bonchev–Trinajstić information content (AvgIpc) is 2.68. The standard InChI is InChI=1S/C20H21N3O5/c1-2-22-11-3-4-12(23-8-7-21-9-10-24)16-15(11)19(27)17-13(25)5-6-14(26)18(17)20(16)28/h3-6,22-26H,1-2,7-10H2. The summed E-state index contributed by atoms with van der Waals surface area (Å²) in [7, 11) is 0. The molecule has 0 spiro atoms. The van der Waals surface area contributed by atoms with Gasteiger partial charge in [-0.25, -0.2) is 5.32 Å². The highest BCUT2D eigenvalue weighted by molar-refractivity contribution is 6.33. The molecule has 0 saturated heterocycles. The summed E-state index contributed by atoms with van der Waals surface area (Å²) in [6, 6.07) is 5.69. The first-order valence-electron chi connectivity index (χ1n) is 8.83. The Morgan fingerprint density at radius 2 is 1.36 bits per heavy atom. The topological polar surface area (TPSA) is 133 Å². The first-order valence-corrected chi connectivity index (χ1v) is 8.83. The molecule has 146 valence electrons. The Morgan fingerprint density at radius 1 is 0.821 bits per heavy atom. The molecule has 0 saturated carbocycles. The van der Waals surface area contributed by atoms with Crippen LogP contribution in [0.15, 0.2) is 24.3 Å². The lowest BCUT2D eigenvalue weighted by molar-refractivity contribution is 0.0975. The molecule has 0 aliphatic heterocycles. The van der Waals surface area contributed by atoms with Crippen LogP contribution in [0.3, 0.4) is 0 Å². The molecule has 28 heavy (non-hydrogen) atoms. The van der Waals surface area contributed by atoms with E-state index in [1.54, 1.807) is 12.1 Å². The molecule has 3 rings (SSSR count). The molecule has 0 heterocycles. The number of nitrogens with zero attached hydrogens (tertiary/aromatic N) is 1. The predicted molar refractivity (Wildman–Crippen MR) is 104 cm³/mol. The van der Waals surface area contributed by atoms with E-state index in [1.165, 1.54) is 12.1 Å². The Morgan fingerprint density at radius 3 is 1.86 bits per heavy atom. The van der Waals surface area contributed by atoms with Gasteiger partial charge < -0.3 is 26.0 Å². The highest BCUT2D eigenvalue weighted by Crippen LogP contribution is 2.42. The molecule has 2 aromatic rings. The molecule has 1 aliphatic rings. The maximum Gasteiger partial charge on any atom is 0.200 e. The fraction of sp³-hybridized carbons (Fsp3) is 0.250. The number of phenolic OH excluding ortho intramolecular Hbond substituents is 2. The minimum atomic E-state index is -0.555. The van der Waals surface area contributed by atoms with Crippen molar-refractivity contribution in [1.29, 1.82) is 0 Å². The van der Waals surface area contributed by atoms with Crippen LogP contribution in [-0.2, 0) is 0 Å². The first kappa shape index (κ1) is 19.7. The number of anilines is 2. The number of rotatable bonds is 8. The van der Waals surface area contributed by atoms with E-state index < -0.39 is 11.6 Å². The fourth-order valence-corrected chi connectivity index (χ4v) is 3.25. The third-order valence-electron chi connectivity index (χ3n) is 4.43. The summed E-state index contributed by atoms with van der Waals surface area (Å²) in [5.41, 5.74) is 0.679.